The van der Waals surface area contributed by atoms with Crippen LogP contribution in [0.3, 0.4) is 0 Å². The maximum Gasteiger partial charge on any atom is 0.230 e. The predicted molar refractivity (Wildman–Crippen MR) is 81.1 cm³/mol. The highest BCUT2D eigenvalue weighted by atomic mass is 35.5. The second kappa shape index (κ2) is 7.29. The molecule has 106 valence electrons. The van der Waals surface area contributed by atoms with Gasteiger partial charge in [-0.15, -0.1) is 0 Å². The fourth-order valence-corrected chi connectivity index (χ4v) is 3.13. The third kappa shape index (κ3) is 4.49. The fourth-order valence-electron chi connectivity index (χ4n) is 1.96. The second-order valence-corrected chi connectivity index (χ2v) is 6.38. The van der Waals surface area contributed by atoms with Crippen molar-refractivity contribution in [3.05, 3.63) is 5.28 Å². The number of aromatic nitrogens is 3. The van der Waals surface area contributed by atoms with Gasteiger partial charge in [0.25, 0.3) is 0 Å². The molecule has 0 amide bonds. The Morgan fingerprint density at radius 1 is 1.21 bits per heavy atom. The molecule has 1 aromatic heterocycles. The minimum Gasteiger partial charge on any atom is -0.341 e. The minimum atomic E-state index is 0.308. The Labute approximate surface area is 124 Å². The number of thioether (sulfide) groups is 1. The van der Waals surface area contributed by atoms with Crippen LogP contribution in [-0.4, -0.2) is 33.8 Å². The van der Waals surface area contributed by atoms with Gasteiger partial charge in [0, 0.05) is 18.8 Å². The highest BCUT2D eigenvalue weighted by Gasteiger charge is 2.16. The number of anilines is 1. The van der Waals surface area contributed by atoms with Crippen LogP contribution in [0.15, 0.2) is 5.16 Å². The van der Waals surface area contributed by atoms with Crippen molar-refractivity contribution in [1.82, 2.24) is 15.0 Å². The number of piperidine rings is 1. The van der Waals surface area contributed by atoms with Crippen molar-refractivity contribution >= 4 is 29.3 Å². The van der Waals surface area contributed by atoms with Gasteiger partial charge in [-0.05, 0) is 36.8 Å². The molecule has 1 fully saturated rings. The van der Waals surface area contributed by atoms with Gasteiger partial charge in [0.2, 0.25) is 11.2 Å². The molecular formula is C13H21ClN4S. The summed E-state index contributed by atoms with van der Waals surface area (Å²) in [7, 11) is 0. The molecule has 1 saturated heterocycles. The lowest BCUT2D eigenvalue weighted by Gasteiger charge is -2.26. The first kappa shape index (κ1) is 14.9. The summed E-state index contributed by atoms with van der Waals surface area (Å²) in [4.78, 5) is 15.2. The largest absolute Gasteiger partial charge is 0.341 e. The predicted octanol–water partition coefficient (Wildman–Crippen LogP) is 3.65. The summed E-state index contributed by atoms with van der Waals surface area (Å²) in [5, 5.41) is 1.06. The molecule has 2 heterocycles. The smallest absolute Gasteiger partial charge is 0.230 e. The van der Waals surface area contributed by atoms with E-state index in [0.717, 1.165) is 29.9 Å². The van der Waals surface area contributed by atoms with Crippen molar-refractivity contribution in [2.45, 2.75) is 44.7 Å². The van der Waals surface area contributed by atoms with Gasteiger partial charge in [-0.25, -0.2) is 0 Å². The normalized spacial score (nSPS) is 17.5. The Morgan fingerprint density at radius 3 is 2.63 bits per heavy atom. The summed E-state index contributed by atoms with van der Waals surface area (Å²) < 4.78 is 0. The lowest BCUT2D eigenvalue weighted by molar-refractivity contribution is 0.564. The molecule has 1 aliphatic rings. The molecule has 4 nitrogen and oxygen atoms in total. The Balaban J connectivity index is 2.05. The van der Waals surface area contributed by atoms with Crippen LogP contribution < -0.4 is 4.90 Å². The van der Waals surface area contributed by atoms with E-state index in [-0.39, 0.29) is 0 Å². The van der Waals surface area contributed by atoms with Gasteiger partial charge in [-0.2, -0.15) is 15.0 Å². The zero-order chi connectivity index (χ0) is 13.7. The Kier molecular flexibility index (Phi) is 5.70. The van der Waals surface area contributed by atoms with E-state index in [1.54, 1.807) is 11.8 Å². The quantitative estimate of drug-likeness (QED) is 0.776. The molecule has 1 unspecified atom stereocenters. The van der Waals surface area contributed by atoms with Crippen molar-refractivity contribution in [3.63, 3.8) is 0 Å². The molecule has 0 aliphatic carbocycles. The SMILES string of the molecule is CCC(C)CSc1nc(Cl)nc(N2CCCCC2)n1. The van der Waals surface area contributed by atoms with Crippen molar-refractivity contribution in [1.29, 1.82) is 0 Å². The molecule has 6 heteroatoms. The van der Waals surface area contributed by atoms with Gasteiger partial charge in [-0.1, -0.05) is 32.0 Å². The monoisotopic (exact) mass is 300 g/mol. The Hall–Kier alpha value is -0.550. The van der Waals surface area contributed by atoms with Crippen LogP contribution >= 0.6 is 23.4 Å². The van der Waals surface area contributed by atoms with Crippen LogP contribution in [0, 0.1) is 5.92 Å². The molecule has 0 N–H and O–H groups in total. The maximum absolute atomic E-state index is 6.02. The summed E-state index contributed by atoms with van der Waals surface area (Å²) in [6.45, 7) is 6.48. The van der Waals surface area contributed by atoms with E-state index in [1.807, 2.05) is 0 Å². The fraction of sp³-hybridized carbons (Fsp3) is 0.769. The minimum absolute atomic E-state index is 0.308. The zero-order valence-corrected chi connectivity index (χ0v) is 13.2. The van der Waals surface area contributed by atoms with E-state index in [4.69, 9.17) is 11.6 Å². The van der Waals surface area contributed by atoms with Gasteiger partial charge < -0.3 is 4.90 Å². The number of hydrogen-bond donors (Lipinski definition) is 0. The molecule has 1 aliphatic heterocycles. The van der Waals surface area contributed by atoms with E-state index < -0.39 is 0 Å². The van der Waals surface area contributed by atoms with E-state index in [9.17, 15) is 0 Å². The molecule has 0 bridgehead atoms. The molecule has 0 spiro atoms. The van der Waals surface area contributed by atoms with Crippen LogP contribution in [0.2, 0.25) is 5.28 Å². The molecule has 0 radical (unpaired) electrons. The van der Waals surface area contributed by atoms with Crippen molar-refractivity contribution in [2.75, 3.05) is 23.7 Å². The highest BCUT2D eigenvalue weighted by molar-refractivity contribution is 7.99. The van der Waals surface area contributed by atoms with Crippen molar-refractivity contribution in [2.24, 2.45) is 5.92 Å². The Bertz CT molecular complexity index is 410. The summed E-state index contributed by atoms with van der Waals surface area (Å²) in [5.41, 5.74) is 0. The van der Waals surface area contributed by atoms with Crippen LogP contribution in [0.1, 0.15) is 39.5 Å². The van der Waals surface area contributed by atoms with Gasteiger partial charge in [0.1, 0.15) is 0 Å². The number of halogens is 1. The van der Waals surface area contributed by atoms with Crippen LogP contribution in [0.4, 0.5) is 5.95 Å². The molecule has 0 aromatic carbocycles. The first-order valence-electron chi connectivity index (χ1n) is 6.98. The summed E-state index contributed by atoms with van der Waals surface area (Å²) in [5.74, 6) is 2.43. The number of hydrogen-bond acceptors (Lipinski definition) is 5. The van der Waals surface area contributed by atoms with Gasteiger partial charge in [-0.3, -0.25) is 0 Å². The second-order valence-electron chi connectivity index (χ2n) is 5.06. The van der Waals surface area contributed by atoms with Crippen LogP contribution in [0.25, 0.3) is 0 Å². The first-order valence-corrected chi connectivity index (χ1v) is 8.34. The van der Waals surface area contributed by atoms with Crippen LogP contribution in [-0.2, 0) is 0 Å². The maximum atomic E-state index is 6.02. The first-order chi connectivity index (χ1) is 9.19. The molecule has 1 aromatic rings. The number of nitrogens with zero attached hydrogens (tertiary/aromatic N) is 4. The average molecular weight is 301 g/mol. The molecule has 19 heavy (non-hydrogen) atoms. The highest BCUT2D eigenvalue weighted by Crippen LogP contribution is 2.23. The topological polar surface area (TPSA) is 41.9 Å². The number of rotatable bonds is 5. The molecule has 2 rings (SSSR count). The third-order valence-corrected chi connectivity index (χ3v) is 4.75. The van der Waals surface area contributed by atoms with Gasteiger partial charge >= 0.3 is 0 Å². The molecule has 0 saturated carbocycles. The third-order valence-electron chi connectivity index (χ3n) is 3.41. The van der Waals surface area contributed by atoms with E-state index in [0.29, 0.717) is 11.2 Å². The standard InChI is InChI=1S/C13H21ClN4S/c1-3-10(2)9-19-13-16-11(14)15-12(17-13)18-7-5-4-6-8-18/h10H,3-9H2,1-2H3. The van der Waals surface area contributed by atoms with Crippen molar-refractivity contribution < 1.29 is 0 Å². The lowest BCUT2D eigenvalue weighted by Crippen LogP contribution is -2.31. The summed E-state index contributed by atoms with van der Waals surface area (Å²) in [6.07, 6.45) is 4.88. The van der Waals surface area contributed by atoms with Gasteiger partial charge in [0.05, 0.1) is 0 Å². The van der Waals surface area contributed by atoms with Crippen molar-refractivity contribution in [3.8, 4) is 0 Å². The molecule has 1 atom stereocenters. The Morgan fingerprint density at radius 2 is 1.95 bits per heavy atom. The molecular weight excluding hydrogens is 280 g/mol. The lowest BCUT2D eigenvalue weighted by atomic mass is 10.1. The van der Waals surface area contributed by atoms with E-state index >= 15 is 0 Å². The summed E-state index contributed by atoms with van der Waals surface area (Å²) >= 11 is 7.69. The summed E-state index contributed by atoms with van der Waals surface area (Å²) in [6, 6.07) is 0. The van der Waals surface area contributed by atoms with E-state index in [1.165, 1.54) is 25.7 Å². The van der Waals surface area contributed by atoms with Gasteiger partial charge in [0.15, 0.2) is 5.16 Å². The average Bonchev–Trinajstić information content (AvgIpc) is 2.45. The zero-order valence-electron chi connectivity index (χ0n) is 11.6. The van der Waals surface area contributed by atoms with Crippen LogP contribution in [0.5, 0.6) is 0 Å². The van der Waals surface area contributed by atoms with E-state index in [2.05, 4.69) is 33.7 Å².